The molecule has 0 saturated carbocycles. The van der Waals surface area contributed by atoms with Crippen LogP contribution in [0.25, 0.3) is 5.70 Å². The number of hydrogen-bond donors (Lipinski definition) is 2. The summed E-state index contributed by atoms with van der Waals surface area (Å²) in [5.74, 6) is -0.437. The molecule has 1 saturated heterocycles. The lowest BCUT2D eigenvalue weighted by Crippen LogP contribution is -2.48. The van der Waals surface area contributed by atoms with Crippen molar-refractivity contribution in [2.24, 2.45) is 0 Å². The third-order valence-electron chi connectivity index (χ3n) is 5.85. The summed E-state index contributed by atoms with van der Waals surface area (Å²) in [6.45, 7) is 7.67. The number of rotatable bonds is 2. The average molecular weight is 410 g/mol. The Bertz CT molecular complexity index is 955. The van der Waals surface area contributed by atoms with Crippen molar-refractivity contribution < 1.29 is 14.0 Å². The number of benzene rings is 2. The number of piperidine rings is 1. The Morgan fingerprint density at radius 3 is 2.40 bits per heavy atom. The lowest BCUT2D eigenvalue weighted by atomic mass is 9.86. The molecule has 0 radical (unpaired) electrons. The van der Waals surface area contributed by atoms with Crippen molar-refractivity contribution in [3.8, 4) is 0 Å². The number of halogens is 1. The van der Waals surface area contributed by atoms with Crippen LogP contribution in [0.5, 0.6) is 0 Å². The van der Waals surface area contributed by atoms with E-state index in [0.717, 1.165) is 11.3 Å². The van der Waals surface area contributed by atoms with Gasteiger partial charge in [-0.2, -0.15) is 0 Å². The molecule has 1 spiro atoms. The quantitative estimate of drug-likeness (QED) is 0.729. The van der Waals surface area contributed by atoms with E-state index in [1.165, 1.54) is 11.6 Å². The van der Waals surface area contributed by atoms with Gasteiger partial charge in [-0.15, -0.1) is 0 Å². The maximum absolute atomic E-state index is 13.8. The molecular weight excluding hydrogens is 381 g/mol. The molecule has 2 amide bonds. The molecule has 6 heteroatoms. The maximum atomic E-state index is 13.8. The van der Waals surface area contributed by atoms with Crippen LogP contribution < -0.4 is 10.8 Å². The van der Waals surface area contributed by atoms with E-state index in [1.807, 2.05) is 0 Å². The van der Waals surface area contributed by atoms with Gasteiger partial charge in [0.25, 0.3) is 0 Å². The smallest absolute Gasteiger partial charge is 0.321 e. The first-order valence-corrected chi connectivity index (χ1v) is 10.3. The summed E-state index contributed by atoms with van der Waals surface area (Å²) in [6.07, 6.45) is 3.48. The Labute approximate surface area is 176 Å². The van der Waals surface area contributed by atoms with Crippen molar-refractivity contribution in [3.05, 3.63) is 71.6 Å². The number of nitrogens with zero attached hydrogens (tertiary/aromatic N) is 1. The number of hydroxylamine groups is 1. The summed E-state index contributed by atoms with van der Waals surface area (Å²) in [5.41, 5.74) is 6.29. The Kier molecular flexibility index (Phi) is 5.28. The number of amides is 2. The second-order valence-corrected chi connectivity index (χ2v) is 9.05. The fraction of sp³-hybridized carbons (Fsp3) is 0.375. The highest BCUT2D eigenvalue weighted by molar-refractivity contribution is 5.89. The van der Waals surface area contributed by atoms with E-state index in [0.29, 0.717) is 25.9 Å². The largest absolute Gasteiger partial charge is 0.324 e. The third kappa shape index (κ3) is 4.19. The molecule has 0 atom stereocenters. The third-order valence-corrected chi connectivity index (χ3v) is 5.85. The number of carbonyl (C=O) groups is 1. The van der Waals surface area contributed by atoms with Crippen molar-refractivity contribution in [1.29, 1.82) is 0 Å². The monoisotopic (exact) mass is 409 g/mol. The minimum atomic E-state index is -0.437. The molecule has 0 aliphatic carbocycles. The number of anilines is 1. The Morgan fingerprint density at radius 2 is 1.77 bits per heavy atom. The summed E-state index contributed by atoms with van der Waals surface area (Å²) in [7, 11) is 0. The average Bonchev–Trinajstić information content (AvgIpc) is 3.13. The molecule has 2 N–H and O–H groups in total. The number of hydrogen-bond acceptors (Lipinski definition) is 3. The van der Waals surface area contributed by atoms with E-state index in [2.05, 4.69) is 61.9 Å². The minimum Gasteiger partial charge on any atom is -0.324 e. The SMILES string of the molecule is CC(C)(C)c1ccc(C2=CC3(CCN(C(=O)Nc4ccccc4F)CC3)ON2)cc1. The zero-order chi connectivity index (χ0) is 21.4. The van der Waals surface area contributed by atoms with E-state index < -0.39 is 11.4 Å². The van der Waals surface area contributed by atoms with Crippen LogP contribution in [-0.2, 0) is 10.3 Å². The van der Waals surface area contributed by atoms with Crippen LogP contribution in [-0.4, -0.2) is 29.6 Å². The number of urea groups is 1. The van der Waals surface area contributed by atoms with Gasteiger partial charge in [-0.3, -0.25) is 10.3 Å². The molecule has 2 aromatic rings. The first-order valence-electron chi connectivity index (χ1n) is 10.3. The molecule has 0 bridgehead atoms. The molecule has 2 aromatic carbocycles. The molecule has 1 fully saturated rings. The topological polar surface area (TPSA) is 53.6 Å². The number of para-hydroxylation sites is 1. The van der Waals surface area contributed by atoms with E-state index in [9.17, 15) is 9.18 Å². The molecule has 4 rings (SSSR count). The highest BCUT2D eigenvalue weighted by Gasteiger charge is 2.40. The van der Waals surface area contributed by atoms with Gasteiger partial charge in [0.2, 0.25) is 0 Å². The molecule has 5 nitrogen and oxygen atoms in total. The Hall–Kier alpha value is -2.86. The van der Waals surface area contributed by atoms with Gasteiger partial charge in [0.05, 0.1) is 11.4 Å². The predicted octanol–water partition coefficient (Wildman–Crippen LogP) is 5.07. The van der Waals surface area contributed by atoms with Gasteiger partial charge in [0.15, 0.2) is 0 Å². The fourth-order valence-electron chi connectivity index (χ4n) is 3.86. The van der Waals surface area contributed by atoms with Gasteiger partial charge in [-0.25, -0.2) is 9.18 Å². The van der Waals surface area contributed by atoms with E-state index in [1.54, 1.807) is 23.1 Å². The van der Waals surface area contributed by atoms with Crippen LogP contribution >= 0.6 is 0 Å². The first-order chi connectivity index (χ1) is 14.3. The standard InChI is InChI=1S/C24H28FN3O2/c1-23(2,3)18-10-8-17(9-11-18)21-16-24(30-27-21)12-14-28(15-13-24)22(29)26-20-7-5-4-6-19(20)25/h4-11,16,27H,12-15H2,1-3H3,(H,26,29). The molecule has 0 unspecified atom stereocenters. The van der Waals surface area contributed by atoms with Gasteiger partial charge < -0.3 is 10.2 Å². The molecule has 2 aliphatic rings. The van der Waals surface area contributed by atoms with Crippen molar-refractivity contribution in [3.63, 3.8) is 0 Å². The summed E-state index contributed by atoms with van der Waals surface area (Å²) in [6, 6.07) is 14.4. The zero-order valence-corrected chi connectivity index (χ0v) is 17.7. The van der Waals surface area contributed by atoms with Crippen molar-refractivity contribution >= 4 is 17.4 Å². The van der Waals surface area contributed by atoms with Gasteiger partial charge in [0, 0.05) is 25.9 Å². The number of nitrogens with one attached hydrogen (secondary N) is 2. The van der Waals surface area contributed by atoms with Crippen molar-refractivity contribution in [2.45, 2.75) is 44.6 Å². The molecule has 158 valence electrons. The van der Waals surface area contributed by atoms with Gasteiger partial charge in [0.1, 0.15) is 11.4 Å². The molecular formula is C24H28FN3O2. The van der Waals surface area contributed by atoms with Crippen molar-refractivity contribution in [2.75, 3.05) is 18.4 Å². The van der Waals surface area contributed by atoms with E-state index >= 15 is 0 Å². The highest BCUT2D eigenvalue weighted by atomic mass is 19.1. The molecule has 2 heterocycles. The van der Waals surface area contributed by atoms with Crippen LogP contribution in [0, 0.1) is 5.82 Å². The fourth-order valence-corrected chi connectivity index (χ4v) is 3.86. The number of carbonyl (C=O) groups excluding carboxylic acids is 1. The lowest BCUT2D eigenvalue weighted by Gasteiger charge is -2.36. The highest BCUT2D eigenvalue weighted by Crippen LogP contribution is 2.35. The van der Waals surface area contributed by atoms with Crippen LogP contribution in [0.4, 0.5) is 14.9 Å². The normalized spacial score (nSPS) is 18.1. The van der Waals surface area contributed by atoms with Gasteiger partial charge in [-0.05, 0) is 34.8 Å². The lowest BCUT2D eigenvalue weighted by molar-refractivity contribution is -0.0634. The summed E-state index contributed by atoms with van der Waals surface area (Å²) in [4.78, 5) is 20.1. The van der Waals surface area contributed by atoms with Crippen LogP contribution in [0.2, 0.25) is 0 Å². The second kappa shape index (κ2) is 7.76. The number of likely N-dealkylation sites (tertiary alicyclic amines) is 1. The van der Waals surface area contributed by atoms with Crippen molar-refractivity contribution in [1.82, 2.24) is 10.4 Å². The van der Waals surface area contributed by atoms with Crippen LogP contribution in [0.15, 0.2) is 54.6 Å². The summed E-state index contributed by atoms with van der Waals surface area (Å²) < 4.78 is 13.8. The molecule has 2 aliphatic heterocycles. The minimum absolute atomic E-state index is 0.115. The van der Waals surface area contributed by atoms with E-state index in [-0.39, 0.29) is 17.1 Å². The second-order valence-electron chi connectivity index (χ2n) is 9.05. The zero-order valence-electron chi connectivity index (χ0n) is 17.7. The van der Waals surface area contributed by atoms with Crippen LogP contribution in [0.3, 0.4) is 0 Å². The Morgan fingerprint density at radius 1 is 1.10 bits per heavy atom. The van der Waals surface area contributed by atoms with Gasteiger partial charge in [-0.1, -0.05) is 57.2 Å². The molecule has 30 heavy (non-hydrogen) atoms. The maximum Gasteiger partial charge on any atom is 0.321 e. The summed E-state index contributed by atoms with van der Waals surface area (Å²) in [5, 5.41) is 2.65. The summed E-state index contributed by atoms with van der Waals surface area (Å²) >= 11 is 0. The first kappa shape index (κ1) is 20.4. The van der Waals surface area contributed by atoms with E-state index in [4.69, 9.17) is 4.84 Å². The Balaban J connectivity index is 1.39. The molecule has 0 aromatic heterocycles. The van der Waals surface area contributed by atoms with Crippen LogP contribution in [0.1, 0.15) is 44.7 Å². The van der Waals surface area contributed by atoms with Gasteiger partial charge >= 0.3 is 6.03 Å². The predicted molar refractivity (Wildman–Crippen MR) is 116 cm³/mol.